The molecule has 27 heavy (non-hydrogen) atoms. The number of rotatable bonds is 6. The molecule has 0 fully saturated rings. The van der Waals surface area contributed by atoms with Gasteiger partial charge >= 0.3 is 0 Å². The van der Waals surface area contributed by atoms with Gasteiger partial charge in [-0.1, -0.05) is 41.6 Å². The van der Waals surface area contributed by atoms with Crippen LogP contribution in [0.4, 0.5) is 10.1 Å². The zero-order chi connectivity index (χ0) is 19.4. The van der Waals surface area contributed by atoms with Crippen LogP contribution in [0.25, 0.3) is 11.4 Å². The van der Waals surface area contributed by atoms with Gasteiger partial charge < -0.3 is 9.88 Å². The van der Waals surface area contributed by atoms with E-state index in [-0.39, 0.29) is 17.5 Å². The summed E-state index contributed by atoms with van der Waals surface area (Å²) in [5, 5.41) is 12.3. The summed E-state index contributed by atoms with van der Waals surface area (Å²) in [4.78, 5) is 12.2. The Labute approximate surface area is 166 Å². The number of carbonyl (C=O) groups excluding carboxylic acids is 1. The summed E-state index contributed by atoms with van der Waals surface area (Å²) in [6, 6.07) is 12.0. The van der Waals surface area contributed by atoms with Gasteiger partial charge in [0.05, 0.1) is 10.8 Å². The molecule has 0 saturated carbocycles. The van der Waals surface area contributed by atoms with Crippen LogP contribution in [-0.2, 0) is 11.3 Å². The molecule has 0 unspecified atom stereocenters. The third-order valence-corrected chi connectivity index (χ3v) is 5.23. The molecule has 8 heteroatoms. The smallest absolute Gasteiger partial charge is 0.234 e. The zero-order valence-electron chi connectivity index (χ0n) is 14.9. The van der Waals surface area contributed by atoms with Gasteiger partial charge in [0.2, 0.25) is 5.91 Å². The first kappa shape index (κ1) is 19.4. The van der Waals surface area contributed by atoms with Crippen LogP contribution in [0.3, 0.4) is 0 Å². The second-order valence-corrected chi connectivity index (χ2v) is 7.18. The summed E-state index contributed by atoms with van der Waals surface area (Å²) in [7, 11) is 0. The van der Waals surface area contributed by atoms with Gasteiger partial charge in [-0.3, -0.25) is 4.79 Å². The number of aryl methyl sites for hydroxylation is 1. The van der Waals surface area contributed by atoms with Gasteiger partial charge in [-0.05, 0) is 43.7 Å². The first-order valence-corrected chi connectivity index (χ1v) is 9.73. The maximum absolute atomic E-state index is 13.6. The Hall–Kier alpha value is -2.38. The molecule has 0 aliphatic heterocycles. The third-order valence-electron chi connectivity index (χ3n) is 3.94. The standard InChI is InChI=1S/C19H18ClFN4OS/c1-3-25-18(14-6-4-5-7-15(14)20)23-24-19(25)27-11-17(26)22-13-9-8-12(2)16(21)10-13/h4-10H,3,11H2,1-2H3,(H,22,26). The van der Waals surface area contributed by atoms with Crippen molar-refractivity contribution in [3.05, 3.63) is 58.9 Å². The summed E-state index contributed by atoms with van der Waals surface area (Å²) in [6.45, 7) is 4.29. The van der Waals surface area contributed by atoms with Crippen molar-refractivity contribution in [1.29, 1.82) is 0 Å². The molecule has 140 valence electrons. The second-order valence-electron chi connectivity index (χ2n) is 5.83. The van der Waals surface area contributed by atoms with Gasteiger partial charge in [0, 0.05) is 17.8 Å². The molecule has 3 aromatic rings. The molecule has 0 aliphatic carbocycles. The SMILES string of the molecule is CCn1c(SCC(=O)Nc2ccc(C)c(F)c2)nnc1-c1ccccc1Cl. The van der Waals surface area contributed by atoms with Gasteiger partial charge in [-0.25, -0.2) is 4.39 Å². The van der Waals surface area contributed by atoms with E-state index in [9.17, 15) is 9.18 Å². The van der Waals surface area contributed by atoms with Crippen LogP contribution in [0, 0.1) is 12.7 Å². The summed E-state index contributed by atoms with van der Waals surface area (Å²) in [6.07, 6.45) is 0. The van der Waals surface area contributed by atoms with E-state index in [1.165, 1.54) is 17.8 Å². The van der Waals surface area contributed by atoms with Gasteiger partial charge in [0.1, 0.15) is 5.82 Å². The zero-order valence-corrected chi connectivity index (χ0v) is 16.4. The minimum Gasteiger partial charge on any atom is -0.325 e. The topological polar surface area (TPSA) is 59.8 Å². The Morgan fingerprint density at radius 2 is 2.04 bits per heavy atom. The number of halogens is 2. The molecule has 0 saturated heterocycles. The highest BCUT2D eigenvalue weighted by molar-refractivity contribution is 7.99. The molecule has 0 atom stereocenters. The quantitative estimate of drug-likeness (QED) is 0.599. The maximum atomic E-state index is 13.6. The number of hydrogen-bond donors (Lipinski definition) is 1. The number of benzene rings is 2. The fourth-order valence-electron chi connectivity index (χ4n) is 2.52. The third kappa shape index (κ3) is 4.48. The average Bonchev–Trinajstić information content (AvgIpc) is 3.06. The highest BCUT2D eigenvalue weighted by Gasteiger charge is 2.16. The van der Waals surface area contributed by atoms with E-state index in [2.05, 4.69) is 15.5 Å². The Kier molecular flexibility index (Phi) is 6.13. The van der Waals surface area contributed by atoms with Crippen LogP contribution in [0.2, 0.25) is 5.02 Å². The predicted molar refractivity (Wildman–Crippen MR) is 107 cm³/mol. The Morgan fingerprint density at radius 3 is 2.74 bits per heavy atom. The largest absolute Gasteiger partial charge is 0.325 e. The number of anilines is 1. The first-order valence-electron chi connectivity index (χ1n) is 8.36. The molecule has 0 spiro atoms. The van der Waals surface area contributed by atoms with Crippen LogP contribution < -0.4 is 5.32 Å². The number of carbonyl (C=O) groups is 1. The van der Waals surface area contributed by atoms with E-state index >= 15 is 0 Å². The monoisotopic (exact) mass is 404 g/mol. The van der Waals surface area contributed by atoms with E-state index in [1.807, 2.05) is 29.7 Å². The lowest BCUT2D eigenvalue weighted by Crippen LogP contribution is -2.15. The number of hydrogen-bond acceptors (Lipinski definition) is 4. The molecule has 0 radical (unpaired) electrons. The summed E-state index contributed by atoms with van der Waals surface area (Å²) in [5.41, 5.74) is 1.75. The maximum Gasteiger partial charge on any atom is 0.234 e. The van der Waals surface area contributed by atoms with E-state index < -0.39 is 0 Å². The molecule has 0 aliphatic rings. The summed E-state index contributed by atoms with van der Waals surface area (Å²) >= 11 is 7.52. The Balaban J connectivity index is 1.70. The normalized spacial score (nSPS) is 10.8. The molecule has 1 heterocycles. The van der Waals surface area contributed by atoms with Crippen LogP contribution in [0.5, 0.6) is 0 Å². The first-order chi connectivity index (χ1) is 13.0. The van der Waals surface area contributed by atoms with Crippen LogP contribution >= 0.6 is 23.4 Å². The van der Waals surface area contributed by atoms with E-state index in [0.29, 0.717) is 33.8 Å². The Morgan fingerprint density at radius 1 is 1.26 bits per heavy atom. The highest BCUT2D eigenvalue weighted by Crippen LogP contribution is 2.29. The van der Waals surface area contributed by atoms with Crippen molar-refractivity contribution >= 4 is 35.0 Å². The molecule has 5 nitrogen and oxygen atoms in total. The highest BCUT2D eigenvalue weighted by atomic mass is 35.5. The van der Waals surface area contributed by atoms with Gasteiger partial charge in [-0.2, -0.15) is 0 Å². The fourth-order valence-corrected chi connectivity index (χ4v) is 3.54. The molecule has 2 aromatic carbocycles. The van der Waals surface area contributed by atoms with Crippen molar-refractivity contribution < 1.29 is 9.18 Å². The number of amides is 1. The fraction of sp³-hybridized carbons (Fsp3) is 0.211. The lowest BCUT2D eigenvalue weighted by Gasteiger charge is -2.09. The van der Waals surface area contributed by atoms with Crippen molar-refractivity contribution in [3.63, 3.8) is 0 Å². The van der Waals surface area contributed by atoms with E-state index in [1.54, 1.807) is 25.1 Å². The van der Waals surface area contributed by atoms with Gasteiger partial charge in [-0.15, -0.1) is 10.2 Å². The van der Waals surface area contributed by atoms with Crippen LogP contribution in [-0.4, -0.2) is 26.4 Å². The molecular formula is C19H18ClFN4OS. The van der Waals surface area contributed by atoms with Gasteiger partial charge in [0.15, 0.2) is 11.0 Å². The Bertz CT molecular complexity index is 976. The van der Waals surface area contributed by atoms with Gasteiger partial charge in [0.25, 0.3) is 0 Å². The van der Waals surface area contributed by atoms with Crippen molar-refractivity contribution in [2.45, 2.75) is 25.5 Å². The number of nitrogens with one attached hydrogen (secondary N) is 1. The lowest BCUT2D eigenvalue weighted by molar-refractivity contribution is -0.113. The molecular weight excluding hydrogens is 387 g/mol. The number of aromatic nitrogens is 3. The second kappa shape index (κ2) is 8.54. The van der Waals surface area contributed by atoms with Crippen molar-refractivity contribution in [1.82, 2.24) is 14.8 Å². The van der Waals surface area contributed by atoms with Crippen molar-refractivity contribution in [3.8, 4) is 11.4 Å². The lowest BCUT2D eigenvalue weighted by atomic mass is 10.2. The minimum absolute atomic E-state index is 0.135. The minimum atomic E-state index is -0.351. The van der Waals surface area contributed by atoms with Crippen molar-refractivity contribution in [2.75, 3.05) is 11.1 Å². The average molecular weight is 405 g/mol. The molecule has 1 amide bonds. The van der Waals surface area contributed by atoms with E-state index in [0.717, 1.165) is 5.56 Å². The van der Waals surface area contributed by atoms with Crippen LogP contribution in [0.15, 0.2) is 47.6 Å². The predicted octanol–water partition coefficient (Wildman–Crippen LogP) is 4.80. The number of nitrogens with zero attached hydrogens (tertiary/aromatic N) is 3. The number of thioether (sulfide) groups is 1. The molecule has 3 rings (SSSR count). The van der Waals surface area contributed by atoms with Crippen LogP contribution in [0.1, 0.15) is 12.5 Å². The molecule has 1 N–H and O–H groups in total. The van der Waals surface area contributed by atoms with Crippen molar-refractivity contribution in [2.24, 2.45) is 0 Å². The molecule has 0 bridgehead atoms. The summed E-state index contributed by atoms with van der Waals surface area (Å²) in [5.74, 6) is 0.200. The summed E-state index contributed by atoms with van der Waals surface area (Å²) < 4.78 is 15.5. The molecule has 1 aromatic heterocycles. The van der Waals surface area contributed by atoms with E-state index in [4.69, 9.17) is 11.6 Å².